The molecule has 1 aliphatic rings. The van der Waals surface area contributed by atoms with E-state index in [1.54, 1.807) is 4.90 Å². The van der Waals surface area contributed by atoms with E-state index in [1.807, 2.05) is 20.8 Å². The molecule has 0 aliphatic carbocycles. The van der Waals surface area contributed by atoms with Gasteiger partial charge in [-0.25, -0.2) is 0 Å². The lowest BCUT2D eigenvalue weighted by atomic mass is 10.1. The molecule has 5 nitrogen and oxygen atoms in total. The lowest BCUT2D eigenvalue weighted by molar-refractivity contribution is -0.148. The smallest absolute Gasteiger partial charge is 0.245 e. The Balaban J connectivity index is 2.71. The summed E-state index contributed by atoms with van der Waals surface area (Å²) in [5, 5.41) is 2.44. The molecule has 0 aromatic heterocycles. The van der Waals surface area contributed by atoms with Crippen molar-refractivity contribution in [3.63, 3.8) is 0 Å². The maximum Gasteiger partial charge on any atom is 0.245 e. The van der Waals surface area contributed by atoms with Gasteiger partial charge >= 0.3 is 0 Å². The topological polar surface area (TPSA) is 58.6 Å². The average molecular weight is 288 g/mol. The van der Waals surface area contributed by atoms with Gasteiger partial charge in [0, 0.05) is 13.1 Å². The van der Waals surface area contributed by atoms with Gasteiger partial charge < -0.3 is 15.0 Å². The fraction of sp³-hybridized carbons (Fsp3) is 0.846. The minimum atomic E-state index is -0.527. The number of morpholine rings is 1. The van der Waals surface area contributed by atoms with E-state index < -0.39 is 6.04 Å². The van der Waals surface area contributed by atoms with Crippen LogP contribution in [0.3, 0.4) is 0 Å². The number of thiol groups is 1. The molecule has 1 saturated heterocycles. The highest BCUT2D eigenvalue weighted by atomic mass is 32.1. The Morgan fingerprint density at radius 2 is 2.16 bits per heavy atom. The van der Waals surface area contributed by atoms with E-state index >= 15 is 0 Å². The second kappa shape index (κ2) is 7.75. The lowest BCUT2D eigenvalue weighted by Crippen LogP contribution is -2.58. The normalized spacial score (nSPS) is 21.3. The molecule has 0 bridgehead atoms. The molecule has 0 aromatic carbocycles. The van der Waals surface area contributed by atoms with Gasteiger partial charge in [-0.3, -0.25) is 9.59 Å². The van der Waals surface area contributed by atoms with Crippen LogP contribution in [0.15, 0.2) is 0 Å². The Hall–Kier alpha value is -0.750. The van der Waals surface area contributed by atoms with E-state index in [2.05, 4.69) is 17.9 Å². The molecule has 0 radical (unpaired) electrons. The molecule has 19 heavy (non-hydrogen) atoms. The summed E-state index contributed by atoms with van der Waals surface area (Å²) in [5.74, 6) is -0.0875. The summed E-state index contributed by atoms with van der Waals surface area (Å²) in [6, 6.07) is -0.527. The highest BCUT2D eigenvalue weighted by molar-refractivity contribution is 7.81. The van der Waals surface area contributed by atoms with E-state index in [1.165, 1.54) is 0 Å². The van der Waals surface area contributed by atoms with Crippen molar-refractivity contribution < 1.29 is 14.3 Å². The summed E-state index contributed by atoms with van der Waals surface area (Å²) in [6.45, 7) is 7.69. The number of hydrogen-bond donors (Lipinski definition) is 2. The van der Waals surface area contributed by atoms with Crippen LogP contribution in [0.1, 0.15) is 27.2 Å². The Kier molecular flexibility index (Phi) is 6.65. The maximum absolute atomic E-state index is 12.3. The lowest BCUT2D eigenvalue weighted by Gasteiger charge is -2.36. The summed E-state index contributed by atoms with van der Waals surface area (Å²) >= 11 is 4.35. The zero-order chi connectivity index (χ0) is 14.4. The summed E-state index contributed by atoms with van der Waals surface area (Å²) in [7, 11) is 0. The van der Waals surface area contributed by atoms with Gasteiger partial charge in [0.05, 0.1) is 18.5 Å². The van der Waals surface area contributed by atoms with E-state index in [9.17, 15) is 9.59 Å². The van der Waals surface area contributed by atoms with Crippen molar-refractivity contribution >= 4 is 24.4 Å². The number of rotatable bonds is 5. The first kappa shape index (κ1) is 16.3. The zero-order valence-corrected chi connectivity index (χ0v) is 12.8. The van der Waals surface area contributed by atoms with E-state index in [-0.39, 0.29) is 29.6 Å². The monoisotopic (exact) mass is 288 g/mol. The van der Waals surface area contributed by atoms with Crippen LogP contribution >= 0.6 is 12.6 Å². The number of carbonyl (C=O) groups is 2. The van der Waals surface area contributed by atoms with Gasteiger partial charge in [-0.1, -0.05) is 20.8 Å². The Morgan fingerprint density at radius 3 is 2.74 bits per heavy atom. The van der Waals surface area contributed by atoms with Crippen LogP contribution in [0.5, 0.6) is 0 Å². The third kappa shape index (κ3) is 4.38. The molecule has 2 amide bonds. The first-order chi connectivity index (χ1) is 8.99. The number of ether oxygens (including phenoxy) is 1. The molecule has 2 unspecified atom stereocenters. The van der Waals surface area contributed by atoms with Crippen LogP contribution in [-0.4, -0.2) is 54.3 Å². The second-order valence-corrected chi connectivity index (χ2v) is 5.66. The van der Waals surface area contributed by atoms with Gasteiger partial charge in [0.2, 0.25) is 11.8 Å². The SMILES string of the molecule is CCCNC(=O)C1COCCN1C(=O)C(S)C(C)C. The molecule has 0 saturated carbocycles. The van der Waals surface area contributed by atoms with Crippen LogP contribution in [0.25, 0.3) is 0 Å². The number of hydrogen-bond acceptors (Lipinski definition) is 4. The standard InChI is InChI=1S/C13H24N2O3S/c1-4-5-14-12(16)10-8-18-7-6-15(10)13(17)11(19)9(2)3/h9-11,19H,4-8H2,1-3H3,(H,14,16). The molecule has 1 heterocycles. The van der Waals surface area contributed by atoms with Crippen LogP contribution < -0.4 is 5.32 Å². The first-order valence-corrected chi connectivity index (χ1v) is 7.34. The highest BCUT2D eigenvalue weighted by Gasteiger charge is 2.35. The van der Waals surface area contributed by atoms with Crippen LogP contribution in [0.2, 0.25) is 0 Å². The van der Waals surface area contributed by atoms with Gasteiger partial charge in [0.15, 0.2) is 0 Å². The predicted octanol–water partition coefficient (Wildman–Crippen LogP) is 0.694. The minimum Gasteiger partial charge on any atom is -0.377 e. The largest absolute Gasteiger partial charge is 0.377 e. The van der Waals surface area contributed by atoms with Crippen molar-refractivity contribution in [3.05, 3.63) is 0 Å². The van der Waals surface area contributed by atoms with Crippen molar-refractivity contribution in [2.45, 2.75) is 38.5 Å². The summed E-state index contributed by atoms with van der Waals surface area (Å²) in [5.41, 5.74) is 0. The highest BCUT2D eigenvalue weighted by Crippen LogP contribution is 2.16. The second-order valence-electron chi connectivity index (χ2n) is 5.10. The molecule has 1 fully saturated rings. The van der Waals surface area contributed by atoms with Crippen molar-refractivity contribution in [2.75, 3.05) is 26.3 Å². The average Bonchev–Trinajstić information content (AvgIpc) is 2.42. The van der Waals surface area contributed by atoms with E-state index in [4.69, 9.17) is 4.74 Å². The number of amides is 2. The maximum atomic E-state index is 12.3. The van der Waals surface area contributed by atoms with Gasteiger partial charge in [-0.15, -0.1) is 0 Å². The summed E-state index contributed by atoms with van der Waals surface area (Å²) in [6.07, 6.45) is 0.869. The molecular weight excluding hydrogens is 264 g/mol. The first-order valence-electron chi connectivity index (χ1n) is 6.83. The van der Waals surface area contributed by atoms with Crippen LogP contribution in [-0.2, 0) is 14.3 Å². The summed E-state index contributed by atoms with van der Waals surface area (Å²) in [4.78, 5) is 26.0. The molecule has 0 aromatic rings. The number of nitrogens with zero attached hydrogens (tertiary/aromatic N) is 1. The molecule has 2 atom stereocenters. The Bertz CT molecular complexity index is 323. The van der Waals surface area contributed by atoms with Crippen molar-refractivity contribution in [2.24, 2.45) is 5.92 Å². The van der Waals surface area contributed by atoms with Crippen molar-refractivity contribution in [1.82, 2.24) is 10.2 Å². The van der Waals surface area contributed by atoms with Gasteiger partial charge in [0.25, 0.3) is 0 Å². The molecule has 1 N–H and O–H groups in total. The molecule has 1 rings (SSSR count). The Labute approximate surface area is 120 Å². The van der Waals surface area contributed by atoms with E-state index in [0.29, 0.717) is 19.7 Å². The molecule has 1 aliphatic heterocycles. The van der Waals surface area contributed by atoms with Crippen LogP contribution in [0, 0.1) is 5.92 Å². The van der Waals surface area contributed by atoms with Gasteiger partial charge in [0.1, 0.15) is 6.04 Å². The van der Waals surface area contributed by atoms with Crippen molar-refractivity contribution in [3.8, 4) is 0 Å². The predicted molar refractivity (Wildman–Crippen MR) is 77.2 cm³/mol. The molecular formula is C13H24N2O3S. The van der Waals surface area contributed by atoms with Crippen molar-refractivity contribution in [1.29, 1.82) is 0 Å². The number of nitrogens with one attached hydrogen (secondary N) is 1. The van der Waals surface area contributed by atoms with Gasteiger partial charge in [-0.05, 0) is 12.3 Å². The van der Waals surface area contributed by atoms with Crippen LogP contribution in [0.4, 0.5) is 0 Å². The molecule has 6 heteroatoms. The quantitative estimate of drug-likeness (QED) is 0.732. The fourth-order valence-electron chi connectivity index (χ4n) is 1.91. The fourth-order valence-corrected chi connectivity index (χ4v) is 2.05. The third-order valence-electron chi connectivity index (χ3n) is 3.15. The minimum absolute atomic E-state index is 0.0849. The molecule has 110 valence electrons. The Morgan fingerprint density at radius 1 is 1.47 bits per heavy atom. The number of carbonyl (C=O) groups excluding carboxylic acids is 2. The molecule has 0 spiro atoms. The van der Waals surface area contributed by atoms with E-state index in [0.717, 1.165) is 6.42 Å². The summed E-state index contributed by atoms with van der Waals surface area (Å²) < 4.78 is 5.32. The van der Waals surface area contributed by atoms with Gasteiger partial charge in [-0.2, -0.15) is 12.6 Å². The third-order valence-corrected chi connectivity index (χ3v) is 3.97. The zero-order valence-electron chi connectivity index (χ0n) is 11.9.